The van der Waals surface area contributed by atoms with E-state index in [4.69, 9.17) is 19.7 Å². The number of hydrogen-bond acceptors (Lipinski definition) is 6. The molecular formula is C20H21N3O5. The number of cyclic esters (lactones) is 1. The number of esters is 1. The Morgan fingerprint density at radius 2 is 1.68 bits per heavy atom. The Hall–Kier alpha value is -2.90. The Kier molecular flexibility index (Phi) is 7.00. The van der Waals surface area contributed by atoms with Gasteiger partial charge in [-0.2, -0.15) is 0 Å². The van der Waals surface area contributed by atoms with Crippen LogP contribution in [0.2, 0.25) is 0 Å². The summed E-state index contributed by atoms with van der Waals surface area (Å²) in [6.45, 7) is 0.523. The predicted octanol–water partition coefficient (Wildman–Crippen LogP) is 2.75. The number of azide groups is 1. The van der Waals surface area contributed by atoms with Crippen LogP contribution >= 0.6 is 0 Å². The van der Waals surface area contributed by atoms with Gasteiger partial charge in [0.25, 0.3) is 0 Å². The van der Waals surface area contributed by atoms with Gasteiger partial charge in [0, 0.05) is 4.91 Å². The first kappa shape index (κ1) is 19.9. The van der Waals surface area contributed by atoms with Crippen molar-refractivity contribution in [2.75, 3.05) is 6.61 Å². The molecule has 28 heavy (non-hydrogen) atoms. The normalized spacial score (nSPS) is 22.3. The van der Waals surface area contributed by atoms with Crippen LogP contribution in [0.15, 0.2) is 65.8 Å². The predicted molar refractivity (Wildman–Crippen MR) is 99.9 cm³/mol. The number of aliphatic hydroxyl groups is 1. The fraction of sp³-hybridized carbons (Fsp3) is 0.350. The van der Waals surface area contributed by atoms with Crippen molar-refractivity contribution in [2.45, 2.75) is 37.6 Å². The number of carbonyl (C=O) groups excluding carboxylic acids is 1. The van der Waals surface area contributed by atoms with Crippen molar-refractivity contribution < 1.29 is 24.1 Å². The Morgan fingerprint density at radius 3 is 2.29 bits per heavy atom. The fourth-order valence-corrected chi connectivity index (χ4v) is 2.97. The van der Waals surface area contributed by atoms with E-state index in [0.717, 1.165) is 11.1 Å². The van der Waals surface area contributed by atoms with Gasteiger partial charge in [-0.25, -0.2) is 4.79 Å². The zero-order valence-electron chi connectivity index (χ0n) is 15.1. The largest absolute Gasteiger partial charge is 0.457 e. The maximum absolute atomic E-state index is 11.9. The number of aliphatic hydroxyl groups excluding tert-OH is 1. The SMILES string of the molecule is [N-]=[N+]=N[C@H](COCc1ccccc1)[C@@H]1OC(=O)[C@H](O)[C@@H]1OCc1ccccc1. The van der Waals surface area contributed by atoms with Gasteiger partial charge in [-0.1, -0.05) is 65.8 Å². The van der Waals surface area contributed by atoms with Gasteiger partial charge in [0.15, 0.2) is 6.10 Å². The van der Waals surface area contributed by atoms with E-state index in [2.05, 4.69) is 10.0 Å². The molecule has 0 aliphatic carbocycles. The van der Waals surface area contributed by atoms with Crippen molar-refractivity contribution in [3.63, 3.8) is 0 Å². The van der Waals surface area contributed by atoms with Gasteiger partial charge in [-0.05, 0) is 16.7 Å². The zero-order valence-corrected chi connectivity index (χ0v) is 15.1. The minimum Gasteiger partial charge on any atom is -0.457 e. The van der Waals surface area contributed by atoms with Crippen LogP contribution in [-0.4, -0.2) is 42.0 Å². The average Bonchev–Trinajstić information content (AvgIpc) is 3.01. The van der Waals surface area contributed by atoms with Gasteiger partial charge in [-0.3, -0.25) is 0 Å². The van der Waals surface area contributed by atoms with E-state index in [0.29, 0.717) is 6.61 Å². The Labute approximate surface area is 162 Å². The second-order valence-corrected chi connectivity index (χ2v) is 6.38. The highest BCUT2D eigenvalue weighted by Gasteiger charge is 2.48. The van der Waals surface area contributed by atoms with Crippen molar-refractivity contribution in [1.29, 1.82) is 0 Å². The van der Waals surface area contributed by atoms with E-state index in [9.17, 15) is 9.90 Å². The standard InChI is InChI=1S/C20H21N3O5/c21-23-22-16(13-26-11-14-7-3-1-4-8-14)18-19(17(24)20(25)28-18)27-12-15-9-5-2-6-10-15/h1-10,16-19,24H,11-13H2/t16-,17-,18+,19+/m1/s1. The Balaban J connectivity index is 1.64. The first-order chi connectivity index (χ1) is 13.7. The number of benzene rings is 2. The van der Waals surface area contributed by atoms with E-state index in [1.165, 1.54) is 0 Å². The highest BCUT2D eigenvalue weighted by molar-refractivity contribution is 5.78. The second kappa shape index (κ2) is 9.87. The van der Waals surface area contributed by atoms with E-state index in [-0.39, 0.29) is 13.2 Å². The summed E-state index contributed by atoms with van der Waals surface area (Å²) in [5.74, 6) is -0.802. The lowest BCUT2D eigenvalue weighted by molar-refractivity contribution is -0.148. The number of hydrogen-bond donors (Lipinski definition) is 1. The molecule has 1 fully saturated rings. The molecule has 0 bridgehead atoms. The van der Waals surface area contributed by atoms with Crippen molar-refractivity contribution >= 4 is 5.97 Å². The van der Waals surface area contributed by atoms with Crippen molar-refractivity contribution in [3.05, 3.63) is 82.2 Å². The summed E-state index contributed by atoms with van der Waals surface area (Å²) in [7, 11) is 0. The highest BCUT2D eigenvalue weighted by atomic mass is 16.6. The van der Waals surface area contributed by atoms with Crippen molar-refractivity contribution in [2.24, 2.45) is 5.11 Å². The van der Waals surface area contributed by atoms with Crippen LogP contribution in [0.25, 0.3) is 10.4 Å². The van der Waals surface area contributed by atoms with Gasteiger partial charge in [0.1, 0.15) is 18.2 Å². The maximum Gasteiger partial charge on any atom is 0.338 e. The number of nitrogens with zero attached hydrogens (tertiary/aromatic N) is 3. The first-order valence-corrected chi connectivity index (χ1v) is 8.89. The molecule has 1 N–H and O–H groups in total. The summed E-state index contributed by atoms with van der Waals surface area (Å²) in [5, 5.41) is 13.8. The molecule has 4 atom stereocenters. The molecule has 1 heterocycles. The number of carbonyl (C=O) groups is 1. The van der Waals surface area contributed by atoms with Gasteiger partial charge in [-0.15, -0.1) is 0 Å². The van der Waals surface area contributed by atoms with Crippen molar-refractivity contribution in [3.8, 4) is 0 Å². The quantitative estimate of drug-likeness (QED) is 0.309. The molecule has 8 heteroatoms. The van der Waals surface area contributed by atoms with Crippen LogP contribution in [0.3, 0.4) is 0 Å². The third-order valence-corrected chi connectivity index (χ3v) is 4.39. The minimum absolute atomic E-state index is 0.0226. The van der Waals surface area contributed by atoms with Crippen LogP contribution in [0.5, 0.6) is 0 Å². The van der Waals surface area contributed by atoms with Crippen LogP contribution in [0, 0.1) is 0 Å². The van der Waals surface area contributed by atoms with Gasteiger partial charge in [0.05, 0.1) is 19.8 Å². The summed E-state index contributed by atoms with van der Waals surface area (Å²) in [4.78, 5) is 14.7. The zero-order chi connectivity index (χ0) is 19.8. The molecule has 8 nitrogen and oxygen atoms in total. The molecule has 146 valence electrons. The summed E-state index contributed by atoms with van der Waals surface area (Å²) in [5.41, 5.74) is 10.7. The lowest BCUT2D eigenvalue weighted by Gasteiger charge is -2.24. The summed E-state index contributed by atoms with van der Waals surface area (Å²) < 4.78 is 16.6. The highest BCUT2D eigenvalue weighted by Crippen LogP contribution is 2.25. The topological polar surface area (TPSA) is 114 Å². The van der Waals surface area contributed by atoms with Crippen LogP contribution < -0.4 is 0 Å². The maximum atomic E-state index is 11.9. The van der Waals surface area contributed by atoms with Crippen LogP contribution in [0.1, 0.15) is 11.1 Å². The summed E-state index contributed by atoms with van der Waals surface area (Å²) in [6.07, 6.45) is -3.33. The molecule has 1 aliphatic rings. The molecule has 0 radical (unpaired) electrons. The van der Waals surface area contributed by atoms with E-state index in [1.807, 2.05) is 60.7 Å². The monoisotopic (exact) mass is 383 g/mol. The number of ether oxygens (including phenoxy) is 3. The van der Waals surface area contributed by atoms with Crippen molar-refractivity contribution in [1.82, 2.24) is 0 Å². The molecule has 1 aliphatic heterocycles. The molecule has 1 saturated heterocycles. The molecule has 0 aromatic heterocycles. The van der Waals surface area contributed by atoms with Gasteiger partial charge >= 0.3 is 5.97 Å². The second-order valence-electron chi connectivity index (χ2n) is 6.38. The smallest absolute Gasteiger partial charge is 0.338 e. The summed E-state index contributed by atoms with van der Waals surface area (Å²) >= 11 is 0. The molecule has 0 amide bonds. The van der Waals surface area contributed by atoms with Crippen LogP contribution in [0.4, 0.5) is 0 Å². The average molecular weight is 383 g/mol. The van der Waals surface area contributed by atoms with E-state index in [1.54, 1.807) is 0 Å². The van der Waals surface area contributed by atoms with E-state index >= 15 is 0 Å². The molecule has 2 aromatic carbocycles. The Bertz CT molecular complexity index is 811. The molecule has 0 spiro atoms. The van der Waals surface area contributed by atoms with E-state index < -0.39 is 30.3 Å². The van der Waals surface area contributed by atoms with Gasteiger partial charge in [0.2, 0.25) is 0 Å². The summed E-state index contributed by atoms with van der Waals surface area (Å²) in [6, 6.07) is 18.0. The number of rotatable bonds is 9. The molecule has 2 aromatic rings. The Morgan fingerprint density at radius 1 is 1.07 bits per heavy atom. The molecule has 0 unspecified atom stereocenters. The molecular weight excluding hydrogens is 362 g/mol. The van der Waals surface area contributed by atoms with Gasteiger partial charge < -0.3 is 19.3 Å². The minimum atomic E-state index is -1.45. The molecule has 3 rings (SSSR count). The third-order valence-electron chi connectivity index (χ3n) is 4.39. The molecule has 0 saturated carbocycles. The third kappa shape index (κ3) is 5.09. The van der Waals surface area contributed by atoms with Crippen LogP contribution in [-0.2, 0) is 32.2 Å². The lowest BCUT2D eigenvalue weighted by Crippen LogP contribution is -2.41. The fourth-order valence-electron chi connectivity index (χ4n) is 2.97. The lowest BCUT2D eigenvalue weighted by atomic mass is 10.0. The first-order valence-electron chi connectivity index (χ1n) is 8.89.